The van der Waals surface area contributed by atoms with Crippen molar-refractivity contribution < 1.29 is 9.53 Å². The summed E-state index contributed by atoms with van der Waals surface area (Å²) in [5.41, 5.74) is -0.0361. The first-order valence-corrected chi connectivity index (χ1v) is 11.2. The number of Topliss-reactive ketones (excluding diaryl/α,β-unsaturated/α-hetero) is 1. The van der Waals surface area contributed by atoms with E-state index < -0.39 is 0 Å². The van der Waals surface area contributed by atoms with E-state index in [1.54, 1.807) is 0 Å². The molecule has 0 aliphatic heterocycles. The Balaban J connectivity index is 3.75. The Kier molecular flexibility index (Phi) is 12.0. The zero-order valence-corrected chi connectivity index (χ0v) is 20.0. The number of hydrogen-bond acceptors (Lipinski definition) is 3. The van der Waals surface area contributed by atoms with Crippen molar-refractivity contribution in [2.45, 2.75) is 125 Å². The van der Waals surface area contributed by atoms with Crippen molar-refractivity contribution in [1.29, 1.82) is 0 Å². The average Bonchev–Trinajstić information content (AvgIpc) is 2.47. The summed E-state index contributed by atoms with van der Waals surface area (Å²) < 4.78 is 6.12. The van der Waals surface area contributed by atoms with E-state index in [0.29, 0.717) is 18.1 Å². The highest BCUT2D eigenvalue weighted by atomic mass is 16.5. The van der Waals surface area contributed by atoms with E-state index >= 15 is 0 Å². The zero-order valence-electron chi connectivity index (χ0n) is 20.0. The summed E-state index contributed by atoms with van der Waals surface area (Å²) >= 11 is 0. The van der Waals surface area contributed by atoms with Gasteiger partial charge in [0.2, 0.25) is 0 Å². The number of nitrogens with one attached hydrogen (secondary N) is 1. The summed E-state index contributed by atoms with van der Waals surface area (Å²) in [5.74, 6) is 0.845. The Hall–Kier alpha value is -0.410. The maximum Gasteiger partial charge on any atom is 0.138 e. The molecule has 0 rings (SSSR count). The third kappa shape index (κ3) is 16.3. The van der Waals surface area contributed by atoms with Crippen LogP contribution in [0.1, 0.15) is 114 Å². The molecule has 0 aromatic rings. The molecule has 0 saturated carbocycles. The number of unbranched alkanes of at least 4 members (excludes halogenated alkanes) is 3. The quantitative estimate of drug-likeness (QED) is 0.346. The molecule has 27 heavy (non-hydrogen) atoms. The molecule has 0 saturated heterocycles. The fraction of sp³-hybridized carbons (Fsp3) is 0.958. The third-order valence-electron chi connectivity index (χ3n) is 5.07. The molecule has 0 fully saturated rings. The average molecular weight is 384 g/mol. The van der Waals surface area contributed by atoms with Crippen molar-refractivity contribution in [3.63, 3.8) is 0 Å². The second-order valence-corrected chi connectivity index (χ2v) is 11.1. The second kappa shape index (κ2) is 12.2. The van der Waals surface area contributed by atoms with Crippen LogP contribution in [0.5, 0.6) is 0 Å². The van der Waals surface area contributed by atoms with E-state index in [9.17, 15) is 4.79 Å². The molecule has 0 heterocycles. The smallest absolute Gasteiger partial charge is 0.138 e. The number of rotatable bonds is 14. The molecule has 0 aromatic carbocycles. The van der Waals surface area contributed by atoms with Crippen LogP contribution in [-0.4, -0.2) is 30.1 Å². The van der Waals surface area contributed by atoms with Crippen LogP contribution in [0.3, 0.4) is 0 Å². The van der Waals surface area contributed by atoms with Crippen LogP contribution in [-0.2, 0) is 9.53 Å². The van der Waals surface area contributed by atoms with Gasteiger partial charge in [-0.3, -0.25) is 4.79 Å². The van der Waals surface area contributed by atoms with E-state index in [2.05, 4.69) is 46.9 Å². The number of ether oxygens (including phenoxy) is 1. The summed E-state index contributed by atoms with van der Waals surface area (Å²) in [6, 6.07) is 0. The SMILES string of the molecule is CC(CCCC(C)(C)OCCCCCCNC(C)(C)C)CC(=O)C(C)(C)C. The second-order valence-electron chi connectivity index (χ2n) is 11.1. The van der Waals surface area contributed by atoms with E-state index in [1.165, 1.54) is 19.3 Å². The van der Waals surface area contributed by atoms with Crippen molar-refractivity contribution in [3.05, 3.63) is 0 Å². The third-order valence-corrected chi connectivity index (χ3v) is 5.07. The molecule has 3 nitrogen and oxygen atoms in total. The van der Waals surface area contributed by atoms with E-state index in [1.807, 2.05) is 20.8 Å². The number of carbonyl (C=O) groups excluding carboxylic acids is 1. The predicted molar refractivity (Wildman–Crippen MR) is 118 cm³/mol. The summed E-state index contributed by atoms with van der Waals surface area (Å²) in [7, 11) is 0. The molecule has 0 aliphatic rings. The van der Waals surface area contributed by atoms with Crippen LogP contribution in [0.4, 0.5) is 0 Å². The lowest BCUT2D eigenvalue weighted by molar-refractivity contribution is -0.127. The first-order chi connectivity index (χ1) is 12.2. The van der Waals surface area contributed by atoms with Crippen molar-refractivity contribution in [1.82, 2.24) is 5.32 Å². The van der Waals surface area contributed by atoms with Gasteiger partial charge in [-0.1, -0.05) is 53.4 Å². The maximum absolute atomic E-state index is 12.1. The molecule has 0 amide bonds. The molecule has 0 aliphatic carbocycles. The standard InChI is InChI=1S/C24H49NO2/c1-20(19-21(26)22(2,3)4)15-14-16-24(8,9)27-18-13-11-10-12-17-25-23(5,6)7/h20,25H,10-19H2,1-9H3. The molecule has 0 aromatic heterocycles. The van der Waals surface area contributed by atoms with Crippen LogP contribution in [0.15, 0.2) is 0 Å². The normalized spacial score (nSPS) is 14.4. The summed E-state index contributed by atoms with van der Waals surface area (Å²) in [6.45, 7) is 21.2. The Morgan fingerprint density at radius 1 is 0.889 bits per heavy atom. The van der Waals surface area contributed by atoms with Crippen molar-refractivity contribution in [2.75, 3.05) is 13.2 Å². The lowest BCUT2D eigenvalue weighted by Gasteiger charge is -2.26. The zero-order chi connectivity index (χ0) is 21.1. The molecule has 0 radical (unpaired) electrons. The van der Waals surface area contributed by atoms with E-state index in [4.69, 9.17) is 4.74 Å². The van der Waals surface area contributed by atoms with Crippen molar-refractivity contribution in [3.8, 4) is 0 Å². The van der Waals surface area contributed by atoms with Crippen LogP contribution in [0, 0.1) is 11.3 Å². The fourth-order valence-electron chi connectivity index (χ4n) is 3.07. The Morgan fingerprint density at radius 2 is 1.48 bits per heavy atom. The molecule has 1 N–H and O–H groups in total. The van der Waals surface area contributed by atoms with Gasteiger partial charge in [0.05, 0.1) is 5.60 Å². The molecule has 162 valence electrons. The first kappa shape index (κ1) is 26.6. The van der Waals surface area contributed by atoms with Gasteiger partial charge >= 0.3 is 0 Å². The molecule has 3 heteroatoms. The van der Waals surface area contributed by atoms with Crippen LogP contribution in [0.25, 0.3) is 0 Å². The minimum atomic E-state index is -0.209. The largest absolute Gasteiger partial charge is 0.376 e. The van der Waals surface area contributed by atoms with Crippen molar-refractivity contribution in [2.24, 2.45) is 11.3 Å². The Labute approximate surface area is 170 Å². The highest BCUT2D eigenvalue weighted by Gasteiger charge is 2.23. The minimum absolute atomic E-state index is 0.0540. The monoisotopic (exact) mass is 383 g/mol. The maximum atomic E-state index is 12.1. The van der Waals surface area contributed by atoms with Gasteiger partial charge < -0.3 is 10.1 Å². The lowest BCUT2D eigenvalue weighted by atomic mass is 9.84. The van der Waals surface area contributed by atoms with Gasteiger partial charge in [0, 0.05) is 24.0 Å². The van der Waals surface area contributed by atoms with E-state index in [0.717, 1.165) is 38.8 Å². The van der Waals surface area contributed by atoms with Crippen molar-refractivity contribution >= 4 is 5.78 Å². The highest BCUT2D eigenvalue weighted by molar-refractivity contribution is 5.83. The Bertz CT molecular complexity index is 402. The summed E-state index contributed by atoms with van der Waals surface area (Å²) in [6.07, 6.45) is 8.91. The number of carbonyl (C=O) groups is 1. The van der Waals surface area contributed by atoms with Gasteiger partial charge in [-0.15, -0.1) is 0 Å². The van der Waals surface area contributed by atoms with Crippen LogP contribution in [0.2, 0.25) is 0 Å². The van der Waals surface area contributed by atoms with Gasteiger partial charge in [0.15, 0.2) is 0 Å². The molecule has 0 spiro atoms. The van der Waals surface area contributed by atoms with Crippen LogP contribution >= 0.6 is 0 Å². The summed E-state index contributed by atoms with van der Waals surface area (Å²) in [4.78, 5) is 12.1. The van der Waals surface area contributed by atoms with Gasteiger partial charge in [-0.05, 0) is 66.3 Å². The minimum Gasteiger partial charge on any atom is -0.376 e. The summed E-state index contributed by atoms with van der Waals surface area (Å²) in [5, 5.41) is 3.54. The number of ketones is 1. The van der Waals surface area contributed by atoms with Crippen LogP contribution < -0.4 is 5.32 Å². The molecular formula is C24H49NO2. The van der Waals surface area contributed by atoms with Gasteiger partial charge in [0.1, 0.15) is 5.78 Å². The lowest BCUT2D eigenvalue weighted by Crippen LogP contribution is -2.36. The van der Waals surface area contributed by atoms with Gasteiger partial charge in [-0.25, -0.2) is 0 Å². The molecule has 1 unspecified atom stereocenters. The Morgan fingerprint density at radius 3 is 2.04 bits per heavy atom. The first-order valence-electron chi connectivity index (χ1n) is 11.2. The highest BCUT2D eigenvalue weighted by Crippen LogP contribution is 2.25. The molecule has 1 atom stereocenters. The van der Waals surface area contributed by atoms with Gasteiger partial charge in [-0.2, -0.15) is 0 Å². The topological polar surface area (TPSA) is 38.3 Å². The predicted octanol–water partition coefficient (Wildman–Crippen LogP) is 6.54. The van der Waals surface area contributed by atoms with Gasteiger partial charge in [0.25, 0.3) is 0 Å². The van der Waals surface area contributed by atoms with E-state index in [-0.39, 0.29) is 16.6 Å². The molecular weight excluding hydrogens is 334 g/mol. The molecule has 0 bridgehead atoms. The number of hydrogen-bond donors (Lipinski definition) is 1. The fourth-order valence-corrected chi connectivity index (χ4v) is 3.07.